The molecule has 144 valence electrons. The molecule has 2 amide bonds. The molecule has 0 atom stereocenters. The maximum absolute atomic E-state index is 12.3. The van der Waals surface area contributed by atoms with Crippen LogP contribution in [0.5, 0.6) is 11.5 Å². The number of nitrogens with one attached hydrogen (secondary N) is 2. The number of carbonyl (C=O) groups excluding carboxylic acids is 2. The molecule has 0 radical (unpaired) electrons. The SMILES string of the molecule is COc1ccc(NC(=O)c2ccco2)c(NC(=O)COc2ccccc2Cl)c1. The van der Waals surface area contributed by atoms with Gasteiger partial charge in [0.1, 0.15) is 11.5 Å². The van der Waals surface area contributed by atoms with Crippen LogP contribution in [0.4, 0.5) is 11.4 Å². The Bertz CT molecular complexity index is 972. The summed E-state index contributed by atoms with van der Waals surface area (Å²) in [5, 5.41) is 5.79. The van der Waals surface area contributed by atoms with Gasteiger partial charge in [-0.05, 0) is 36.4 Å². The minimum absolute atomic E-state index is 0.148. The summed E-state index contributed by atoms with van der Waals surface area (Å²) >= 11 is 6.01. The molecule has 0 aliphatic carbocycles. The van der Waals surface area contributed by atoms with Crippen molar-refractivity contribution in [3.63, 3.8) is 0 Å². The predicted octanol–water partition coefficient (Wildman–Crippen LogP) is 4.21. The second-order valence-electron chi connectivity index (χ2n) is 5.61. The molecule has 0 aliphatic heterocycles. The predicted molar refractivity (Wildman–Crippen MR) is 105 cm³/mol. The van der Waals surface area contributed by atoms with Gasteiger partial charge in [0.05, 0.1) is 29.8 Å². The van der Waals surface area contributed by atoms with E-state index in [0.717, 1.165) is 0 Å². The molecule has 0 aliphatic rings. The zero-order chi connectivity index (χ0) is 19.9. The lowest BCUT2D eigenvalue weighted by atomic mass is 10.2. The highest BCUT2D eigenvalue weighted by atomic mass is 35.5. The standard InChI is InChI=1S/C20H17ClN2O5/c1-26-13-8-9-15(23-20(25)18-7-4-10-27-18)16(11-13)22-19(24)12-28-17-6-3-2-5-14(17)21/h2-11H,12H2,1H3,(H,22,24)(H,23,25). The maximum atomic E-state index is 12.3. The summed E-state index contributed by atoms with van der Waals surface area (Å²) < 4.78 is 15.7. The van der Waals surface area contributed by atoms with Crippen LogP contribution in [0.3, 0.4) is 0 Å². The molecular weight excluding hydrogens is 384 g/mol. The van der Waals surface area contributed by atoms with Gasteiger partial charge in [-0.1, -0.05) is 23.7 Å². The van der Waals surface area contributed by atoms with Crippen LogP contribution in [0.15, 0.2) is 65.3 Å². The van der Waals surface area contributed by atoms with Crippen LogP contribution >= 0.6 is 11.6 Å². The van der Waals surface area contributed by atoms with Crippen molar-refractivity contribution < 1.29 is 23.5 Å². The molecule has 1 aromatic heterocycles. The molecule has 0 saturated carbocycles. The summed E-state index contributed by atoms with van der Waals surface area (Å²) in [6.45, 7) is -0.257. The number of ether oxygens (including phenoxy) is 2. The van der Waals surface area contributed by atoms with E-state index in [9.17, 15) is 9.59 Å². The lowest BCUT2D eigenvalue weighted by molar-refractivity contribution is -0.118. The van der Waals surface area contributed by atoms with Crippen LogP contribution in [0.25, 0.3) is 0 Å². The van der Waals surface area contributed by atoms with E-state index in [2.05, 4.69) is 10.6 Å². The van der Waals surface area contributed by atoms with Crippen molar-refractivity contribution in [1.29, 1.82) is 0 Å². The van der Waals surface area contributed by atoms with Crippen molar-refractivity contribution in [3.05, 3.63) is 71.6 Å². The van der Waals surface area contributed by atoms with Gasteiger partial charge in [-0.3, -0.25) is 9.59 Å². The van der Waals surface area contributed by atoms with Crippen molar-refractivity contribution in [2.24, 2.45) is 0 Å². The summed E-state index contributed by atoms with van der Waals surface area (Å²) in [5.41, 5.74) is 0.736. The summed E-state index contributed by atoms with van der Waals surface area (Å²) in [6.07, 6.45) is 1.40. The van der Waals surface area contributed by atoms with Crippen LogP contribution in [0.1, 0.15) is 10.6 Å². The number of halogens is 1. The molecule has 0 saturated heterocycles. The van der Waals surface area contributed by atoms with E-state index in [4.69, 9.17) is 25.5 Å². The van der Waals surface area contributed by atoms with Gasteiger partial charge in [0.15, 0.2) is 12.4 Å². The molecule has 0 unspecified atom stereocenters. The number of benzene rings is 2. The first kappa shape index (κ1) is 19.3. The number of hydrogen-bond donors (Lipinski definition) is 2. The topological polar surface area (TPSA) is 89.8 Å². The quantitative estimate of drug-likeness (QED) is 0.620. The molecule has 0 spiro atoms. The van der Waals surface area contributed by atoms with Gasteiger partial charge in [-0.2, -0.15) is 0 Å². The van der Waals surface area contributed by atoms with E-state index in [1.807, 2.05) is 0 Å². The third-order valence-corrected chi connectivity index (χ3v) is 4.00. The number of carbonyl (C=O) groups is 2. The number of rotatable bonds is 7. The molecule has 2 N–H and O–H groups in total. The minimum Gasteiger partial charge on any atom is -0.497 e. The molecule has 2 aromatic carbocycles. The van der Waals surface area contributed by atoms with Gasteiger partial charge in [0.25, 0.3) is 11.8 Å². The first-order valence-corrected chi connectivity index (χ1v) is 8.64. The lowest BCUT2D eigenvalue weighted by Crippen LogP contribution is -2.22. The smallest absolute Gasteiger partial charge is 0.291 e. The Hall–Kier alpha value is -3.45. The molecule has 28 heavy (non-hydrogen) atoms. The van der Waals surface area contributed by atoms with Crippen LogP contribution in [-0.4, -0.2) is 25.5 Å². The Morgan fingerprint density at radius 2 is 1.86 bits per heavy atom. The molecule has 3 rings (SSSR count). The van der Waals surface area contributed by atoms with E-state index in [0.29, 0.717) is 27.9 Å². The number of furan rings is 1. The average Bonchev–Trinajstić information content (AvgIpc) is 3.23. The average molecular weight is 401 g/mol. The third-order valence-electron chi connectivity index (χ3n) is 3.69. The van der Waals surface area contributed by atoms with Crippen LogP contribution < -0.4 is 20.1 Å². The highest BCUT2D eigenvalue weighted by Gasteiger charge is 2.14. The Labute approximate surface area is 166 Å². The summed E-state index contributed by atoms with van der Waals surface area (Å²) in [7, 11) is 1.50. The summed E-state index contributed by atoms with van der Waals surface area (Å²) in [4.78, 5) is 24.5. The molecule has 0 bridgehead atoms. The van der Waals surface area contributed by atoms with Gasteiger partial charge in [-0.25, -0.2) is 0 Å². The molecule has 1 heterocycles. The van der Waals surface area contributed by atoms with Crippen molar-refractivity contribution in [2.75, 3.05) is 24.4 Å². The Morgan fingerprint density at radius 1 is 1.04 bits per heavy atom. The largest absolute Gasteiger partial charge is 0.497 e. The molecule has 3 aromatic rings. The van der Waals surface area contributed by atoms with Gasteiger partial charge in [0.2, 0.25) is 0 Å². The fraction of sp³-hybridized carbons (Fsp3) is 0.100. The summed E-state index contributed by atoms with van der Waals surface area (Å²) in [6, 6.07) is 14.9. The summed E-state index contributed by atoms with van der Waals surface area (Å²) in [5.74, 6) is 0.185. The fourth-order valence-electron chi connectivity index (χ4n) is 2.35. The van der Waals surface area contributed by atoms with Gasteiger partial charge in [0, 0.05) is 6.07 Å². The number of amides is 2. The van der Waals surface area contributed by atoms with Gasteiger partial charge < -0.3 is 24.5 Å². The van der Waals surface area contributed by atoms with Crippen LogP contribution in [0.2, 0.25) is 5.02 Å². The normalized spacial score (nSPS) is 10.2. The first-order valence-electron chi connectivity index (χ1n) is 8.27. The third kappa shape index (κ3) is 4.83. The molecule has 8 heteroatoms. The molecule has 0 fully saturated rings. The highest BCUT2D eigenvalue weighted by Crippen LogP contribution is 2.28. The Morgan fingerprint density at radius 3 is 2.57 bits per heavy atom. The fourth-order valence-corrected chi connectivity index (χ4v) is 2.54. The lowest BCUT2D eigenvalue weighted by Gasteiger charge is -2.14. The second-order valence-corrected chi connectivity index (χ2v) is 6.02. The number of para-hydroxylation sites is 1. The van der Waals surface area contributed by atoms with Crippen molar-refractivity contribution in [1.82, 2.24) is 0 Å². The van der Waals surface area contributed by atoms with Crippen LogP contribution in [0, 0.1) is 0 Å². The van der Waals surface area contributed by atoms with Gasteiger partial charge in [-0.15, -0.1) is 0 Å². The van der Waals surface area contributed by atoms with Crippen molar-refractivity contribution >= 4 is 34.8 Å². The number of anilines is 2. The van der Waals surface area contributed by atoms with E-state index in [1.165, 1.54) is 19.4 Å². The van der Waals surface area contributed by atoms with E-state index >= 15 is 0 Å². The number of methoxy groups -OCH3 is 1. The molecule has 7 nitrogen and oxygen atoms in total. The van der Waals surface area contributed by atoms with Crippen molar-refractivity contribution in [3.8, 4) is 11.5 Å². The zero-order valence-electron chi connectivity index (χ0n) is 14.9. The van der Waals surface area contributed by atoms with E-state index < -0.39 is 11.8 Å². The highest BCUT2D eigenvalue weighted by molar-refractivity contribution is 6.32. The molecular formula is C20H17ClN2O5. The minimum atomic E-state index is -0.446. The van der Waals surface area contributed by atoms with Crippen molar-refractivity contribution in [2.45, 2.75) is 0 Å². The maximum Gasteiger partial charge on any atom is 0.291 e. The Kier molecular flexibility index (Phi) is 6.18. The van der Waals surface area contributed by atoms with Gasteiger partial charge >= 0.3 is 0 Å². The van der Waals surface area contributed by atoms with E-state index in [1.54, 1.807) is 48.5 Å². The first-order chi connectivity index (χ1) is 13.6. The zero-order valence-corrected chi connectivity index (χ0v) is 15.7. The monoisotopic (exact) mass is 400 g/mol. The number of hydrogen-bond acceptors (Lipinski definition) is 5. The van der Waals surface area contributed by atoms with E-state index in [-0.39, 0.29) is 12.4 Å². The van der Waals surface area contributed by atoms with Crippen LogP contribution in [-0.2, 0) is 4.79 Å². The second kappa shape index (κ2) is 8.96. The Balaban J connectivity index is 1.71.